The first-order chi connectivity index (χ1) is 15.8. The summed E-state index contributed by atoms with van der Waals surface area (Å²) in [6.07, 6.45) is 2.12. The molecule has 2 saturated heterocycles. The minimum absolute atomic E-state index is 0.156. The zero-order chi connectivity index (χ0) is 23.6. The highest BCUT2D eigenvalue weighted by atomic mass is 32.2. The second-order valence-corrected chi connectivity index (χ2v) is 10.0. The molecular formula is C20H30N8O4S. The Labute approximate surface area is 193 Å². The molecule has 4 rings (SSSR count). The number of aromatic nitrogens is 4. The third-order valence-electron chi connectivity index (χ3n) is 6.13. The Bertz CT molecular complexity index is 1070. The van der Waals surface area contributed by atoms with Crippen LogP contribution in [-0.2, 0) is 16.6 Å². The third kappa shape index (κ3) is 4.71. The Morgan fingerprint density at radius 2 is 1.64 bits per heavy atom. The van der Waals surface area contributed by atoms with Gasteiger partial charge in [-0.25, -0.2) is 4.68 Å². The molecule has 4 heterocycles. The minimum Gasteiger partial charge on any atom is -0.480 e. The van der Waals surface area contributed by atoms with Crippen molar-refractivity contribution in [3.05, 3.63) is 29.6 Å². The maximum absolute atomic E-state index is 13.3. The number of piperazine rings is 2. The van der Waals surface area contributed by atoms with Gasteiger partial charge in [0.1, 0.15) is 0 Å². The fraction of sp³-hybridized carbons (Fsp3) is 0.600. The molecule has 2 aliphatic heterocycles. The molecule has 0 atom stereocenters. The lowest BCUT2D eigenvalue weighted by Gasteiger charge is -2.39. The molecule has 0 unspecified atom stereocenters. The van der Waals surface area contributed by atoms with Crippen molar-refractivity contribution < 1.29 is 17.9 Å². The van der Waals surface area contributed by atoms with Gasteiger partial charge in [-0.2, -0.15) is 22.1 Å². The number of nitrogens with zero attached hydrogens (tertiary/aromatic N) is 8. The van der Waals surface area contributed by atoms with Crippen LogP contribution in [0.4, 0.5) is 0 Å². The Kier molecular flexibility index (Phi) is 6.93. The molecule has 0 N–H and O–H groups in total. The van der Waals surface area contributed by atoms with Crippen LogP contribution >= 0.6 is 0 Å². The van der Waals surface area contributed by atoms with Crippen LogP contribution in [0.25, 0.3) is 5.82 Å². The van der Waals surface area contributed by atoms with Gasteiger partial charge in [-0.15, -0.1) is 10.2 Å². The molecule has 0 aromatic carbocycles. The van der Waals surface area contributed by atoms with E-state index in [1.165, 1.54) is 11.4 Å². The van der Waals surface area contributed by atoms with Gasteiger partial charge in [0.25, 0.3) is 16.1 Å². The number of carbonyl (C=O) groups excluding carboxylic acids is 1. The van der Waals surface area contributed by atoms with Crippen molar-refractivity contribution in [3.63, 3.8) is 0 Å². The first-order valence-electron chi connectivity index (χ1n) is 11.0. The van der Waals surface area contributed by atoms with Crippen LogP contribution in [0, 0.1) is 0 Å². The van der Waals surface area contributed by atoms with Crippen molar-refractivity contribution in [3.8, 4) is 11.7 Å². The molecule has 0 radical (unpaired) electrons. The molecule has 0 spiro atoms. The highest BCUT2D eigenvalue weighted by Crippen LogP contribution is 2.20. The second kappa shape index (κ2) is 9.71. The quantitative estimate of drug-likeness (QED) is 0.545. The number of likely N-dealkylation sites (N-methyl/N-ethyl adjacent to an activating group) is 1. The average molecular weight is 479 g/mol. The smallest absolute Gasteiger partial charge is 0.282 e. The molecule has 13 heteroatoms. The summed E-state index contributed by atoms with van der Waals surface area (Å²) < 4.78 is 35.7. The standard InChI is InChI=1S/C20H30N8O4S/c1-4-17-16(15-21-28(17)18-5-6-19(32-3)23-22-18)20(29)25-9-13-27(14-10-25)33(30,31)26-11-7-24(2)8-12-26/h5-6,15H,4,7-14H2,1-3H3. The average Bonchev–Trinajstić information content (AvgIpc) is 3.28. The van der Waals surface area contributed by atoms with Crippen molar-refractivity contribution in [1.29, 1.82) is 0 Å². The van der Waals surface area contributed by atoms with Crippen molar-refractivity contribution >= 4 is 16.1 Å². The van der Waals surface area contributed by atoms with E-state index in [4.69, 9.17) is 4.74 Å². The van der Waals surface area contributed by atoms with Crippen LogP contribution in [0.5, 0.6) is 5.88 Å². The van der Waals surface area contributed by atoms with E-state index >= 15 is 0 Å². The van der Waals surface area contributed by atoms with Crippen LogP contribution in [0.15, 0.2) is 18.3 Å². The van der Waals surface area contributed by atoms with Crippen LogP contribution in [0.3, 0.4) is 0 Å². The van der Waals surface area contributed by atoms with Crippen molar-refractivity contribution in [1.82, 2.24) is 38.4 Å². The lowest BCUT2D eigenvalue weighted by Crippen LogP contribution is -2.57. The van der Waals surface area contributed by atoms with Gasteiger partial charge in [0, 0.05) is 58.4 Å². The summed E-state index contributed by atoms with van der Waals surface area (Å²) in [7, 11) is -0.00849. The molecule has 1 amide bonds. The Balaban J connectivity index is 1.44. The molecule has 0 aliphatic carbocycles. The van der Waals surface area contributed by atoms with E-state index in [-0.39, 0.29) is 19.0 Å². The molecule has 2 aliphatic rings. The summed E-state index contributed by atoms with van der Waals surface area (Å²) in [6, 6.07) is 3.42. The SMILES string of the molecule is CCc1c(C(=O)N2CCN(S(=O)(=O)N3CCN(C)CC3)CC2)cnn1-c1ccc(OC)nn1. The van der Waals surface area contributed by atoms with Gasteiger partial charge in [0.15, 0.2) is 5.82 Å². The predicted molar refractivity (Wildman–Crippen MR) is 121 cm³/mol. The highest BCUT2D eigenvalue weighted by Gasteiger charge is 2.35. The summed E-state index contributed by atoms with van der Waals surface area (Å²) in [5, 5.41) is 12.4. The lowest BCUT2D eigenvalue weighted by atomic mass is 10.1. The first kappa shape index (κ1) is 23.5. The van der Waals surface area contributed by atoms with Crippen LogP contribution in [-0.4, -0.2) is 119 Å². The van der Waals surface area contributed by atoms with E-state index < -0.39 is 10.2 Å². The summed E-state index contributed by atoms with van der Waals surface area (Å²) in [4.78, 5) is 17.1. The summed E-state index contributed by atoms with van der Waals surface area (Å²) in [6.45, 7) is 5.60. The van der Waals surface area contributed by atoms with E-state index in [9.17, 15) is 13.2 Å². The topological polar surface area (TPSA) is 117 Å². The summed E-state index contributed by atoms with van der Waals surface area (Å²) >= 11 is 0. The van der Waals surface area contributed by atoms with Crippen LogP contribution in [0.2, 0.25) is 0 Å². The zero-order valence-corrected chi connectivity index (χ0v) is 20.0. The summed E-state index contributed by atoms with van der Waals surface area (Å²) in [5.41, 5.74) is 1.22. The monoisotopic (exact) mass is 478 g/mol. The largest absolute Gasteiger partial charge is 0.480 e. The number of carbonyl (C=O) groups is 1. The van der Waals surface area contributed by atoms with E-state index in [0.717, 1.165) is 18.8 Å². The van der Waals surface area contributed by atoms with Crippen molar-refractivity contribution in [2.75, 3.05) is 66.5 Å². The minimum atomic E-state index is -3.51. The maximum Gasteiger partial charge on any atom is 0.282 e. The van der Waals surface area contributed by atoms with Crippen LogP contribution < -0.4 is 4.74 Å². The van der Waals surface area contributed by atoms with Gasteiger partial charge in [0.2, 0.25) is 5.88 Å². The fourth-order valence-corrected chi connectivity index (χ4v) is 5.68. The molecule has 2 aromatic heterocycles. The fourth-order valence-electron chi connectivity index (χ4n) is 4.10. The van der Waals surface area contributed by atoms with Gasteiger partial charge >= 0.3 is 0 Å². The third-order valence-corrected chi connectivity index (χ3v) is 8.16. The molecule has 12 nitrogen and oxygen atoms in total. The first-order valence-corrected chi connectivity index (χ1v) is 12.4. The van der Waals surface area contributed by atoms with Crippen LogP contribution in [0.1, 0.15) is 23.0 Å². The second-order valence-electron chi connectivity index (χ2n) is 8.11. The van der Waals surface area contributed by atoms with Gasteiger partial charge in [0.05, 0.1) is 24.6 Å². The number of rotatable bonds is 6. The molecule has 2 fully saturated rings. The normalized spacial score (nSPS) is 19.1. The number of methoxy groups -OCH3 is 1. The van der Waals surface area contributed by atoms with E-state index in [2.05, 4.69) is 20.2 Å². The Morgan fingerprint density at radius 1 is 1.00 bits per heavy atom. The maximum atomic E-state index is 13.3. The molecule has 180 valence electrons. The lowest BCUT2D eigenvalue weighted by molar-refractivity contribution is 0.0691. The molecular weight excluding hydrogens is 448 g/mol. The number of hydrogen-bond donors (Lipinski definition) is 0. The van der Waals surface area contributed by atoms with E-state index in [1.54, 1.807) is 32.2 Å². The molecule has 0 bridgehead atoms. The van der Waals surface area contributed by atoms with E-state index in [1.807, 2.05) is 14.0 Å². The summed E-state index contributed by atoms with van der Waals surface area (Å²) in [5.74, 6) is 0.732. The predicted octanol–water partition coefficient (Wildman–Crippen LogP) is -0.517. The van der Waals surface area contributed by atoms with Gasteiger partial charge in [-0.05, 0) is 19.5 Å². The van der Waals surface area contributed by atoms with Gasteiger partial charge < -0.3 is 14.5 Å². The number of ether oxygens (including phenoxy) is 1. The number of hydrogen-bond acceptors (Lipinski definition) is 8. The number of amides is 1. The molecule has 33 heavy (non-hydrogen) atoms. The van der Waals surface area contributed by atoms with Gasteiger partial charge in [-0.3, -0.25) is 4.79 Å². The highest BCUT2D eigenvalue weighted by molar-refractivity contribution is 7.86. The van der Waals surface area contributed by atoms with Crippen molar-refractivity contribution in [2.45, 2.75) is 13.3 Å². The Hall–Kier alpha value is -2.61. The Morgan fingerprint density at radius 3 is 2.18 bits per heavy atom. The molecule has 0 saturated carbocycles. The zero-order valence-electron chi connectivity index (χ0n) is 19.2. The van der Waals surface area contributed by atoms with E-state index in [0.29, 0.717) is 49.9 Å². The van der Waals surface area contributed by atoms with Gasteiger partial charge in [-0.1, -0.05) is 6.92 Å². The molecule has 2 aromatic rings. The van der Waals surface area contributed by atoms with Crippen molar-refractivity contribution in [2.24, 2.45) is 0 Å².